The van der Waals surface area contributed by atoms with Crippen molar-refractivity contribution >= 4 is 44.6 Å². The Morgan fingerprint density at radius 1 is 1.12 bits per heavy atom. The SMILES string of the molecule is CC(C)(O)C/C=C/c1ccc2cc(OC(=O)c3ccccc3)c(N3CC(=O)NS3(=O)=O)cc2c1. The molecule has 0 saturated carbocycles. The molecule has 1 amide bonds. The van der Waals surface area contributed by atoms with Crippen LogP contribution < -0.4 is 13.8 Å². The van der Waals surface area contributed by atoms with E-state index in [2.05, 4.69) is 0 Å². The van der Waals surface area contributed by atoms with E-state index in [0.29, 0.717) is 17.4 Å². The van der Waals surface area contributed by atoms with Gasteiger partial charge in [0.15, 0.2) is 5.75 Å². The third-order valence-corrected chi connectivity index (χ3v) is 6.56. The highest BCUT2D eigenvalue weighted by molar-refractivity contribution is 7.92. The molecule has 176 valence electrons. The largest absolute Gasteiger partial charge is 0.421 e. The zero-order valence-corrected chi connectivity index (χ0v) is 19.5. The summed E-state index contributed by atoms with van der Waals surface area (Å²) < 4.78 is 33.5. The number of carbonyl (C=O) groups is 2. The van der Waals surface area contributed by atoms with E-state index in [9.17, 15) is 23.1 Å². The van der Waals surface area contributed by atoms with Crippen molar-refractivity contribution in [3.63, 3.8) is 0 Å². The van der Waals surface area contributed by atoms with E-state index in [1.165, 1.54) is 0 Å². The van der Waals surface area contributed by atoms with E-state index in [1.54, 1.807) is 56.3 Å². The Morgan fingerprint density at radius 3 is 2.50 bits per heavy atom. The van der Waals surface area contributed by atoms with Crippen LogP contribution in [-0.2, 0) is 15.0 Å². The summed E-state index contributed by atoms with van der Waals surface area (Å²) in [7, 11) is -4.12. The normalized spacial score (nSPS) is 15.6. The number of aliphatic hydroxyl groups is 1. The molecule has 0 spiro atoms. The van der Waals surface area contributed by atoms with Gasteiger partial charge in [-0.2, -0.15) is 8.42 Å². The molecule has 0 bridgehead atoms. The van der Waals surface area contributed by atoms with Crippen LogP contribution in [0, 0.1) is 0 Å². The van der Waals surface area contributed by atoms with Crippen LogP contribution in [0.5, 0.6) is 5.75 Å². The van der Waals surface area contributed by atoms with E-state index in [1.807, 2.05) is 35.1 Å². The van der Waals surface area contributed by atoms with Gasteiger partial charge in [0.25, 0.3) is 5.91 Å². The average Bonchev–Trinajstić information content (AvgIpc) is 3.04. The Labute approximate surface area is 197 Å². The second-order valence-electron chi connectivity index (χ2n) is 8.64. The molecule has 0 aromatic heterocycles. The molecular weight excluding hydrogens is 456 g/mol. The van der Waals surface area contributed by atoms with Crippen LogP contribution in [-0.4, -0.2) is 37.5 Å². The minimum absolute atomic E-state index is 0.0201. The number of carbonyl (C=O) groups excluding carboxylic acids is 2. The fourth-order valence-electron chi connectivity index (χ4n) is 3.54. The Balaban J connectivity index is 1.77. The summed E-state index contributed by atoms with van der Waals surface area (Å²) in [6.07, 6.45) is 4.17. The van der Waals surface area contributed by atoms with Gasteiger partial charge >= 0.3 is 16.2 Å². The molecule has 1 aliphatic rings. The van der Waals surface area contributed by atoms with Crippen molar-refractivity contribution in [1.29, 1.82) is 0 Å². The van der Waals surface area contributed by atoms with Crippen LogP contribution in [0.1, 0.15) is 36.2 Å². The number of rotatable bonds is 6. The topological polar surface area (TPSA) is 113 Å². The van der Waals surface area contributed by atoms with Crippen molar-refractivity contribution < 1.29 is 27.9 Å². The Kier molecular flexibility index (Phi) is 6.16. The number of fused-ring (bicyclic) bond motifs is 1. The monoisotopic (exact) mass is 480 g/mol. The van der Waals surface area contributed by atoms with Crippen molar-refractivity contribution in [2.24, 2.45) is 0 Å². The molecule has 0 radical (unpaired) electrons. The summed E-state index contributed by atoms with van der Waals surface area (Å²) in [5, 5.41) is 11.3. The molecule has 0 aliphatic carbocycles. The zero-order chi connectivity index (χ0) is 24.5. The quantitative estimate of drug-likeness (QED) is 0.413. The van der Waals surface area contributed by atoms with Gasteiger partial charge in [-0.05, 0) is 66.9 Å². The summed E-state index contributed by atoms with van der Waals surface area (Å²) in [6.45, 7) is 3.01. The molecule has 4 rings (SSSR count). The van der Waals surface area contributed by atoms with E-state index in [-0.39, 0.29) is 11.4 Å². The molecule has 1 saturated heterocycles. The number of nitrogens with zero attached hydrogens (tertiary/aromatic N) is 1. The van der Waals surface area contributed by atoms with Crippen molar-refractivity contribution in [2.45, 2.75) is 25.9 Å². The maximum absolute atomic E-state index is 12.7. The van der Waals surface area contributed by atoms with Gasteiger partial charge in [-0.25, -0.2) is 13.8 Å². The van der Waals surface area contributed by atoms with Gasteiger partial charge in [-0.3, -0.25) is 4.79 Å². The summed E-state index contributed by atoms with van der Waals surface area (Å²) in [6, 6.07) is 17.0. The molecule has 3 aromatic rings. The Bertz CT molecular complexity index is 1390. The molecule has 34 heavy (non-hydrogen) atoms. The number of amides is 1. The van der Waals surface area contributed by atoms with Crippen LogP contribution in [0.4, 0.5) is 5.69 Å². The van der Waals surface area contributed by atoms with Gasteiger partial charge in [0, 0.05) is 0 Å². The average molecular weight is 481 g/mol. The zero-order valence-electron chi connectivity index (χ0n) is 18.7. The molecule has 0 atom stereocenters. The van der Waals surface area contributed by atoms with Gasteiger partial charge in [0.1, 0.15) is 6.54 Å². The van der Waals surface area contributed by atoms with Crippen molar-refractivity contribution in [3.05, 3.63) is 77.9 Å². The number of hydrogen-bond acceptors (Lipinski definition) is 6. The summed E-state index contributed by atoms with van der Waals surface area (Å²) >= 11 is 0. The molecule has 1 fully saturated rings. The highest BCUT2D eigenvalue weighted by Crippen LogP contribution is 2.36. The number of benzene rings is 3. The van der Waals surface area contributed by atoms with Gasteiger partial charge < -0.3 is 9.84 Å². The lowest BCUT2D eigenvalue weighted by molar-refractivity contribution is -0.117. The molecular formula is C25H24N2O6S. The fraction of sp³-hybridized carbons (Fsp3) is 0.200. The smallest absolute Gasteiger partial charge is 0.343 e. The standard InChI is InChI=1S/C25H24N2O6S/c1-25(2,30)12-6-7-17-10-11-19-15-22(33-24(29)18-8-4-3-5-9-18)21(14-20(19)13-17)27-16-23(28)26-34(27,31)32/h3-11,13-15,30H,12,16H2,1-2H3,(H,26,28)/b7-6+. The van der Waals surface area contributed by atoms with Crippen LogP contribution in [0.25, 0.3) is 16.8 Å². The lowest BCUT2D eigenvalue weighted by atomic mass is 10.0. The van der Waals surface area contributed by atoms with Gasteiger partial charge in [0.2, 0.25) is 0 Å². The number of hydrogen-bond donors (Lipinski definition) is 2. The van der Waals surface area contributed by atoms with Gasteiger partial charge in [0.05, 0.1) is 16.9 Å². The lowest BCUT2D eigenvalue weighted by Gasteiger charge is -2.19. The Morgan fingerprint density at radius 2 is 1.85 bits per heavy atom. The summed E-state index contributed by atoms with van der Waals surface area (Å²) in [5.41, 5.74) is 0.393. The van der Waals surface area contributed by atoms with Crippen LogP contribution in [0.2, 0.25) is 0 Å². The van der Waals surface area contributed by atoms with Crippen molar-refractivity contribution in [2.75, 3.05) is 10.8 Å². The highest BCUT2D eigenvalue weighted by atomic mass is 32.2. The van der Waals surface area contributed by atoms with E-state index < -0.39 is 34.2 Å². The first-order valence-corrected chi connectivity index (χ1v) is 12.0. The predicted molar refractivity (Wildman–Crippen MR) is 130 cm³/mol. The van der Waals surface area contributed by atoms with Crippen molar-refractivity contribution in [3.8, 4) is 5.75 Å². The summed E-state index contributed by atoms with van der Waals surface area (Å²) in [5.74, 6) is -1.31. The number of esters is 1. The van der Waals surface area contributed by atoms with E-state index in [0.717, 1.165) is 15.3 Å². The third kappa shape index (κ3) is 5.27. The first-order chi connectivity index (χ1) is 16.0. The molecule has 2 N–H and O–H groups in total. The first-order valence-electron chi connectivity index (χ1n) is 10.6. The predicted octanol–water partition coefficient (Wildman–Crippen LogP) is 3.41. The van der Waals surface area contributed by atoms with Crippen LogP contribution >= 0.6 is 0 Å². The molecule has 1 aliphatic heterocycles. The van der Waals surface area contributed by atoms with E-state index in [4.69, 9.17) is 4.74 Å². The van der Waals surface area contributed by atoms with Crippen LogP contribution in [0.3, 0.4) is 0 Å². The van der Waals surface area contributed by atoms with Gasteiger partial charge in [-0.1, -0.05) is 42.5 Å². The number of nitrogens with one attached hydrogen (secondary N) is 1. The summed E-state index contributed by atoms with van der Waals surface area (Å²) in [4.78, 5) is 24.5. The second-order valence-corrected chi connectivity index (χ2v) is 10.2. The maximum Gasteiger partial charge on any atom is 0.343 e. The molecule has 0 unspecified atom stereocenters. The minimum Gasteiger partial charge on any atom is -0.421 e. The molecule has 3 aromatic carbocycles. The van der Waals surface area contributed by atoms with Gasteiger partial charge in [-0.15, -0.1) is 0 Å². The van der Waals surface area contributed by atoms with Crippen LogP contribution in [0.15, 0.2) is 66.7 Å². The third-order valence-electron chi connectivity index (χ3n) is 5.17. The molecule has 1 heterocycles. The highest BCUT2D eigenvalue weighted by Gasteiger charge is 2.36. The Hall–Kier alpha value is -3.69. The van der Waals surface area contributed by atoms with Crippen molar-refractivity contribution in [1.82, 2.24) is 4.72 Å². The molecule has 9 heteroatoms. The number of anilines is 1. The first kappa shape index (κ1) is 23.5. The number of ether oxygens (including phenoxy) is 1. The maximum atomic E-state index is 12.7. The molecule has 8 nitrogen and oxygen atoms in total. The fourth-order valence-corrected chi connectivity index (χ4v) is 4.69. The van der Waals surface area contributed by atoms with E-state index >= 15 is 0 Å². The minimum atomic E-state index is -4.12. The second kappa shape index (κ2) is 8.92. The lowest BCUT2D eigenvalue weighted by Crippen LogP contribution is -2.30.